The molecular weight excluding hydrogens is 426 g/mol. The quantitative estimate of drug-likeness (QED) is 0.383. The van der Waals surface area contributed by atoms with Crippen molar-refractivity contribution in [3.63, 3.8) is 0 Å². The molecule has 1 aromatic rings. The zero-order chi connectivity index (χ0) is 16.6. The van der Waals surface area contributed by atoms with E-state index in [2.05, 4.69) is 15.0 Å². The lowest BCUT2D eigenvalue weighted by molar-refractivity contribution is -0.153. The van der Waals surface area contributed by atoms with Gasteiger partial charge in [0.25, 0.3) is 0 Å². The molecule has 0 aliphatic rings. The number of nitrogens with two attached hydrogens (primary N) is 1. The minimum Gasteiger partial charge on any atom is -0.484 e. The number of hydrogen-bond donors (Lipinski definition) is 2. The summed E-state index contributed by atoms with van der Waals surface area (Å²) >= 11 is 0. The van der Waals surface area contributed by atoms with Gasteiger partial charge in [-0.25, -0.2) is 4.99 Å². The Kier molecular flexibility index (Phi) is 9.96. The van der Waals surface area contributed by atoms with Crippen molar-refractivity contribution >= 4 is 29.9 Å². The third-order valence-corrected chi connectivity index (χ3v) is 2.54. The minimum atomic E-state index is -4.36. The van der Waals surface area contributed by atoms with E-state index >= 15 is 0 Å². The number of rotatable bonds is 7. The van der Waals surface area contributed by atoms with E-state index in [0.29, 0.717) is 12.2 Å². The second-order valence-electron chi connectivity index (χ2n) is 4.75. The van der Waals surface area contributed by atoms with Gasteiger partial charge in [-0.05, 0) is 24.6 Å². The van der Waals surface area contributed by atoms with Crippen LogP contribution in [0.4, 0.5) is 13.2 Å². The van der Waals surface area contributed by atoms with Gasteiger partial charge in [0.2, 0.25) is 0 Å². The first-order chi connectivity index (χ1) is 10.3. The fourth-order valence-corrected chi connectivity index (χ4v) is 1.67. The van der Waals surface area contributed by atoms with E-state index in [4.69, 9.17) is 10.5 Å². The predicted octanol–water partition coefficient (Wildman–Crippen LogP) is 2.68. The van der Waals surface area contributed by atoms with Crippen LogP contribution >= 0.6 is 24.0 Å². The van der Waals surface area contributed by atoms with E-state index in [1.54, 1.807) is 19.2 Å². The first-order valence-electron chi connectivity index (χ1n) is 6.64. The first kappa shape index (κ1) is 21.8. The molecule has 1 rings (SSSR count). The molecule has 0 radical (unpaired) electrons. The fourth-order valence-electron chi connectivity index (χ4n) is 1.67. The molecule has 0 fully saturated rings. The molecule has 0 spiro atoms. The lowest BCUT2D eigenvalue weighted by Gasteiger charge is -2.13. The summed E-state index contributed by atoms with van der Waals surface area (Å²) < 4.78 is 45.9. The van der Waals surface area contributed by atoms with E-state index in [-0.39, 0.29) is 48.3 Å². The Morgan fingerprint density at radius 3 is 2.70 bits per heavy atom. The van der Waals surface area contributed by atoms with Crippen LogP contribution in [0.2, 0.25) is 0 Å². The standard InChI is InChI=1S/C14H20F3N3O2.HI/c1-10(8-21-2)20-13(18)19-7-11-4-3-5-12(6-11)22-9-14(15,16)17;/h3-6,10H,7-9H2,1-2H3,(H3,18,19,20);1H. The molecule has 0 bridgehead atoms. The Hall–Kier alpha value is -1.23. The summed E-state index contributed by atoms with van der Waals surface area (Å²) in [7, 11) is 1.58. The molecule has 5 nitrogen and oxygen atoms in total. The van der Waals surface area contributed by atoms with Crippen molar-refractivity contribution in [3.05, 3.63) is 29.8 Å². The van der Waals surface area contributed by atoms with Crippen LogP contribution < -0.4 is 15.8 Å². The Labute approximate surface area is 150 Å². The normalized spacial score (nSPS) is 13.2. The van der Waals surface area contributed by atoms with Crippen molar-refractivity contribution in [2.75, 3.05) is 20.3 Å². The van der Waals surface area contributed by atoms with Crippen molar-refractivity contribution in [2.45, 2.75) is 25.7 Å². The number of methoxy groups -OCH3 is 1. The average molecular weight is 447 g/mol. The highest BCUT2D eigenvalue weighted by atomic mass is 127. The average Bonchev–Trinajstić information content (AvgIpc) is 2.43. The van der Waals surface area contributed by atoms with Gasteiger partial charge < -0.3 is 20.5 Å². The van der Waals surface area contributed by atoms with Crippen LogP contribution in [0.25, 0.3) is 0 Å². The summed E-state index contributed by atoms with van der Waals surface area (Å²) in [6.07, 6.45) is -4.36. The molecule has 0 saturated carbocycles. The summed E-state index contributed by atoms with van der Waals surface area (Å²) in [4.78, 5) is 4.12. The molecule has 0 aromatic heterocycles. The van der Waals surface area contributed by atoms with E-state index in [0.717, 1.165) is 0 Å². The lowest BCUT2D eigenvalue weighted by atomic mass is 10.2. The van der Waals surface area contributed by atoms with Crippen molar-refractivity contribution < 1.29 is 22.6 Å². The second-order valence-corrected chi connectivity index (χ2v) is 4.75. The number of benzene rings is 1. The van der Waals surface area contributed by atoms with Crippen LogP contribution in [0.15, 0.2) is 29.3 Å². The largest absolute Gasteiger partial charge is 0.484 e. The van der Waals surface area contributed by atoms with Gasteiger partial charge in [-0.3, -0.25) is 0 Å². The predicted molar refractivity (Wildman–Crippen MR) is 93.2 cm³/mol. The Bertz CT molecular complexity index is 498. The van der Waals surface area contributed by atoms with Crippen LogP contribution in [0.3, 0.4) is 0 Å². The molecule has 1 aromatic carbocycles. The number of hydrogen-bond acceptors (Lipinski definition) is 3. The highest BCUT2D eigenvalue weighted by Crippen LogP contribution is 2.19. The van der Waals surface area contributed by atoms with Crippen molar-refractivity contribution in [3.8, 4) is 5.75 Å². The van der Waals surface area contributed by atoms with Crippen LogP contribution in [0, 0.1) is 0 Å². The van der Waals surface area contributed by atoms with Gasteiger partial charge in [0.05, 0.1) is 13.2 Å². The Morgan fingerprint density at radius 2 is 2.09 bits per heavy atom. The molecule has 132 valence electrons. The summed E-state index contributed by atoms with van der Waals surface area (Å²) in [6, 6.07) is 6.31. The van der Waals surface area contributed by atoms with Crippen molar-refractivity contribution in [2.24, 2.45) is 10.7 Å². The topological polar surface area (TPSA) is 68.9 Å². The van der Waals surface area contributed by atoms with Crippen LogP contribution in [-0.2, 0) is 11.3 Å². The molecule has 0 amide bonds. The number of ether oxygens (including phenoxy) is 2. The number of nitrogens with one attached hydrogen (secondary N) is 1. The Balaban J connectivity index is 0.00000484. The molecular formula is C14H21F3IN3O2. The maximum Gasteiger partial charge on any atom is 0.422 e. The molecule has 23 heavy (non-hydrogen) atoms. The summed E-state index contributed by atoms with van der Waals surface area (Å²) in [5.74, 6) is 0.385. The second kappa shape index (κ2) is 10.5. The van der Waals surface area contributed by atoms with Crippen LogP contribution in [-0.4, -0.2) is 38.5 Å². The molecule has 0 heterocycles. The summed E-state index contributed by atoms with van der Waals surface area (Å²) in [6.45, 7) is 1.29. The number of alkyl halides is 3. The highest BCUT2D eigenvalue weighted by Gasteiger charge is 2.28. The van der Waals surface area contributed by atoms with Gasteiger partial charge in [0.1, 0.15) is 5.75 Å². The highest BCUT2D eigenvalue weighted by molar-refractivity contribution is 14.0. The number of guanidine groups is 1. The molecule has 1 atom stereocenters. The van der Waals surface area contributed by atoms with Gasteiger partial charge in [0, 0.05) is 13.2 Å². The molecule has 1 unspecified atom stereocenters. The third-order valence-electron chi connectivity index (χ3n) is 2.54. The van der Waals surface area contributed by atoms with Gasteiger partial charge in [-0.15, -0.1) is 24.0 Å². The van der Waals surface area contributed by atoms with Crippen molar-refractivity contribution in [1.29, 1.82) is 0 Å². The maximum absolute atomic E-state index is 12.1. The van der Waals surface area contributed by atoms with E-state index in [1.165, 1.54) is 12.1 Å². The van der Waals surface area contributed by atoms with E-state index in [9.17, 15) is 13.2 Å². The van der Waals surface area contributed by atoms with E-state index < -0.39 is 12.8 Å². The van der Waals surface area contributed by atoms with Gasteiger partial charge >= 0.3 is 6.18 Å². The van der Waals surface area contributed by atoms with E-state index in [1.807, 2.05) is 6.92 Å². The number of halogens is 4. The fraction of sp³-hybridized carbons (Fsp3) is 0.500. The van der Waals surface area contributed by atoms with Gasteiger partial charge in [-0.1, -0.05) is 12.1 Å². The molecule has 0 saturated heterocycles. The number of aliphatic imine (C=N–C) groups is 1. The zero-order valence-corrected chi connectivity index (χ0v) is 15.2. The van der Waals surface area contributed by atoms with Crippen LogP contribution in [0.5, 0.6) is 5.75 Å². The van der Waals surface area contributed by atoms with Crippen LogP contribution in [0.1, 0.15) is 12.5 Å². The molecule has 9 heteroatoms. The lowest BCUT2D eigenvalue weighted by Crippen LogP contribution is -2.40. The monoisotopic (exact) mass is 447 g/mol. The SMILES string of the molecule is COCC(C)NC(N)=NCc1cccc(OCC(F)(F)F)c1.I. The molecule has 0 aliphatic carbocycles. The van der Waals surface area contributed by atoms with Gasteiger partial charge in [-0.2, -0.15) is 13.2 Å². The third kappa shape index (κ3) is 10.2. The zero-order valence-electron chi connectivity index (χ0n) is 12.9. The van der Waals surface area contributed by atoms with Gasteiger partial charge in [0.15, 0.2) is 12.6 Å². The smallest absolute Gasteiger partial charge is 0.422 e. The van der Waals surface area contributed by atoms with Crippen molar-refractivity contribution in [1.82, 2.24) is 5.32 Å². The Morgan fingerprint density at radius 1 is 1.39 bits per heavy atom. The number of nitrogens with zero attached hydrogens (tertiary/aromatic N) is 1. The molecule has 3 N–H and O–H groups in total. The summed E-state index contributed by atoms with van der Waals surface area (Å²) in [5.41, 5.74) is 6.41. The minimum absolute atomic E-state index is 0. The molecule has 0 aliphatic heterocycles. The summed E-state index contributed by atoms with van der Waals surface area (Å²) in [5, 5.41) is 2.93. The maximum atomic E-state index is 12.1. The first-order valence-corrected chi connectivity index (χ1v) is 6.64.